The highest BCUT2D eigenvalue weighted by atomic mass is 35.5. The third kappa shape index (κ3) is 6.34. The van der Waals surface area contributed by atoms with Crippen LogP contribution >= 0.6 is 11.6 Å². The van der Waals surface area contributed by atoms with E-state index < -0.39 is 15.8 Å². The summed E-state index contributed by atoms with van der Waals surface area (Å²) in [5.74, 6) is -0.999. The average Bonchev–Trinajstić information content (AvgIpc) is 2.50. The van der Waals surface area contributed by atoms with E-state index in [0.717, 1.165) is 11.1 Å². The molecule has 0 saturated carbocycles. The molecule has 0 atom stereocenters. The standard InChI is InChI=1S/C18H19ClO4S/c19-17-9-7-16(8-10-17)13-24(22,23)11-1-2-14-3-5-15(6-4-14)12-18(20)21/h3-10H,1-2,11-13H2,(H,20,21)/p-1. The Labute approximate surface area is 147 Å². The third-order valence-corrected chi connectivity index (χ3v) is 5.53. The molecule has 0 heterocycles. The summed E-state index contributed by atoms with van der Waals surface area (Å²) in [5.41, 5.74) is 2.39. The molecular formula is C18H18ClO4S-. The third-order valence-electron chi connectivity index (χ3n) is 3.59. The van der Waals surface area contributed by atoms with Crippen LogP contribution in [0.4, 0.5) is 0 Å². The van der Waals surface area contributed by atoms with Crippen LogP contribution in [-0.4, -0.2) is 20.1 Å². The van der Waals surface area contributed by atoms with Crippen LogP contribution in [0.3, 0.4) is 0 Å². The minimum Gasteiger partial charge on any atom is -0.550 e. The molecular weight excluding hydrogens is 348 g/mol. The Kier molecular flexibility index (Phi) is 6.40. The van der Waals surface area contributed by atoms with Crippen LogP contribution in [0.25, 0.3) is 0 Å². The van der Waals surface area contributed by atoms with Crippen LogP contribution in [0.5, 0.6) is 0 Å². The molecule has 0 bridgehead atoms. The quantitative estimate of drug-likeness (QED) is 0.718. The van der Waals surface area contributed by atoms with Crippen LogP contribution in [0, 0.1) is 0 Å². The van der Waals surface area contributed by atoms with Gasteiger partial charge >= 0.3 is 0 Å². The minimum absolute atomic E-state index is 0.00865. The molecule has 0 unspecified atom stereocenters. The zero-order valence-corrected chi connectivity index (χ0v) is 14.6. The van der Waals surface area contributed by atoms with Gasteiger partial charge in [-0.3, -0.25) is 0 Å². The lowest BCUT2D eigenvalue weighted by Gasteiger charge is -2.07. The molecule has 128 valence electrons. The van der Waals surface area contributed by atoms with E-state index in [0.29, 0.717) is 23.4 Å². The summed E-state index contributed by atoms with van der Waals surface area (Å²) in [6, 6.07) is 13.9. The number of rotatable bonds is 8. The Morgan fingerprint density at radius 3 is 2.04 bits per heavy atom. The van der Waals surface area contributed by atoms with Gasteiger partial charge in [-0.15, -0.1) is 0 Å². The predicted octanol–water partition coefficient (Wildman–Crippen LogP) is 2.18. The topological polar surface area (TPSA) is 74.3 Å². The van der Waals surface area contributed by atoms with E-state index >= 15 is 0 Å². The van der Waals surface area contributed by atoms with Crippen molar-refractivity contribution in [1.82, 2.24) is 0 Å². The molecule has 0 amide bonds. The van der Waals surface area contributed by atoms with Gasteiger partial charge in [0.25, 0.3) is 0 Å². The first-order chi connectivity index (χ1) is 11.3. The van der Waals surface area contributed by atoms with Gasteiger partial charge < -0.3 is 9.90 Å². The molecule has 2 aromatic carbocycles. The molecule has 0 N–H and O–H groups in total. The second-order valence-corrected chi connectivity index (χ2v) is 8.31. The van der Waals surface area contributed by atoms with Crippen LogP contribution < -0.4 is 5.11 Å². The van der Waals surface area contributed by atoms with Gasteiger partial charge in [-0.2, -0.15) is 0 Å². The number of benzene rings is 2. The summed E-state index contributed by atoms with van der Waals surface area (Å²) < 4.78 is 24.3. The van der Waals surface area contributed by atoms with E-state index in [2.05, 4.69) is 0 Å². The molecule has 0 radical (unpaired) electrons. The summed E-state index contributed by atoms with van der Waals surface area (Å²) in [6.07, 6.45) is 1.04. The van der Waals surface area contributed by atoms with Crippen LogP contribution in [0.1, 0.15) is 23.1 Å². The van der Waals surface area contributed by atoms with Crippen molar-refractivity contribution in [3.8, 4) is 0 Å². The number of aryl methyl sites for hydroxylation is 1. The molecule has 6 heteroatoms. The highest BCUT2D eigenvalue weighted by Crippen LogP contribution is 2.14. The Hall–Kier alpha value is -1.85. The van der Waals surface area contributed by atoms with E-state index in [9.17, 15) is 18.3 Å². The number of halogens is 1. The van der Waals surface area contributed by atoms with Crippen molar-refractivity contribution in [1.29, 1.82) is 0 Å². The number of carbonyl (C=O) groups excluding carboxylic acids is 1. The van der Waals surface area contributed by atoms with Crippen molar-refractivity contribution >= 4 is 27.4 Å². The van der Waals surface area contributed by atoms with Crippen molar-refractivity contribution in [3.63, 3.8) is 0 Å². The number of sulfone groups is 1. The molecule has 0 aliphatic heterocycles. The monoisotopic (exact) mass is 365 g/mol. The second-order valence-electron chi connectivity index (χ2n) is 5.69. The van der Waals surface area contributed by atoms with Crippen molar-refractivity contribution < 1.29 is 18.3 Å². The Bertz CT molecular complexity index is 781. The van der Waals surface area contributed by atoms with E-state index in [4.69, 9.17) is 11.6 Å². The second kappa shape index (κ2) is 8.31. The van der Waals surface area contributed by atoms with E-state index in [1.807, 2.05) is 12.1 Å². The zero-order chi connectivity index (χ0) is 17.6. The summed E-state index contributed by atoms with van der Waals surface area (Å²) in [5, 5.41) is 11.1. The number of hydrogen-bond donors (Lipinski definition) is 0. The largest absolute Gasteiger partial charge is 0.550 e. The maximum absolute atomic E-state index is 12.1. The van der Waals surface area contributed by atoms with Crippen molar-refractivity contribution in [2.45, 2.75) is 25.0 Å². The average molecular weight is 366 g/mol. The van der Waals surface area contributed by atoms with E-state index in [1.54, 1.807) is 36.4 Å². The molecule has 4 nitrogen and oxygen atoms in total. The summed E-state index contributed by atoms with van der Waals surface area (Å²) >= 11 is 5.79. The number of carboxylic acid groups (broad SMARTS) is 1. The Morgan fingerprint density at radius 1 is 0.917 bits per heavy atom. The van der Waals surface area contributed by atoms with E-state index in [1.165, 1.54) is 0 Å². The lowest BCUT2D eigenvalue weighted by Crippen LogP contribution is -2.24. The molecule has 0 saturated heterocycles. The van der Waals surface area contributed by atoms with Gasteiger partial charge in [-0.05, 0) is 41.7 Å². The SMILES string of the molecule is O=C([O-])Cc1ccc(CCCS(=O)(=O)Cc2ccc(Cl)cc2)cc1. The van der Waals surface area contributed by atoms with Crippen molar-refractivity contribution in [3.05, 3.63) is 70.2 Å². The van der Waals surface area contributed by atoms with Crippen molar-refractivity contribution in [2.24, 2.45) is 0 Å². The van der Waals surface area contributed by atoms with Crippen LogP contribution in [0.15, 0.2) is 48.5 Å². The maximum atomic E-state index is 12.1. The first-order valence-corrected chi connectivity index (χ1v) is 9.76. The van der Waals surface area contributed by atoms with Crippen molar-refractivity contribution in [2.75, 3.05) is 5.75 Å². The fourth-order valence-electron chi connectivity index (χ4n) is 2.39. The lowest BCUT2D eigenvalue weighted by molar-refractivity contribution is -0.304. The summed E-state index contributed by atoms with van der Waals surface area (Å²) in [7, 11) is -3.17. The summed E-state index contributed by atoms with van der Waals surface area (Å²) in [6.45, 7) is 0. The predicted molar refractivity (Wildman–Crippen MR) is 92.4 cm³/mol. The Balaban J connectivity index is 1.84. The number of carboxylic acids is 1. The van der Waals surface area contributed by atoms with Gasteiger partial charge in [0.1, 0.15) is 0 Å². The van der Waals surface area contributed by atoms with Crippen LogP contribution in [0.2, 0.25) is 5.02 Å². The first-order valence-electron chi connectivity index (χ1n) is 7.56. The highest BCUT2D eigenvalue weighted by molar-refractivity contribution is 7.90. The smallest absolute Gasteiger partial charge is 0.154 e. The minimum atomic E-state index is -3.17. The number of hydrogen-bond acceptors (Lipinski definition) is 4. The molecule has 2 rings (SSSR count). The lowest BCUT2D eigenvalue weighted by atomic mass is 10.1. The van der Waals surface area contributed by atoms with Gasteiger partial charge in [-0.1, -0.05) is 48.0 Å². The molecule has 0 spiro atoms. The van der Waals surface area contributed by atoms with Gasteiger partial charge in [0.05, 0.1) is 11.5 Å². The number of carbonyl (C=O) groups is 1. The Morgan fingerprint density at radius 2 is 1.46 bits per heavy atom. The summed E-state index contributed by atoms with van der Waals surface area (Å²) in [4.78, 5) is 10.5. The molecule has 0 aromatic heterocycles. The van der Waals surface area contributed by atoms with E-state index in [-0.39, 0.29) is 17.9 Å². The van der Waals surface area contributed by atoms with Crippen LogP contribution in [-0.2, 0) is 33.2 Å². The molecule has 0 fully saturated rings. The van der Waals surface area contributed by atoms with Gasteiger partial charge in [-0.25, -0.2) is 8.42 Å². The molecule has 0 aliphatic carbocycles. The van der Waals surface area contributed by atoms with Gasteiger partial charge in [0.2, 0.25) is 0 Å². The number of aliphatic carboxylic acids is 1. The molecule has 0 aliphatic rings. The fraction of sp³-hybridized carbons (Fsp3) is 0.278. The zero-order valence-electron chi connectivity index (χ0n) is 13.1. The molecule has 2 aromatic rings. The highest BCUT2D eigenvalue weighted by Gasteiger charge is 2.12. The normalized spacial score (nSPS) is 11.4. The molecule has 24 heavy (non-hydrogen) atoms. The van der Waals surface area contributed by atoms with Gasteiger partial charge in [0, 0.05) is 17.4 Å². The van der Waals surface area contributed by atoms with Gasteiger partial charge in [0.15, 0.2) is 9.84 Å². The maximum Gasteiger partial charge on any atom is 0.154 e. The fourth-order valence-corrected chi connectivity index (χ4v) is 3.95. The first kappa shape index (κ1) is 18.5.